The predicted molar refractivity (Wildman–Crippen MR) is 71.8 cm³/mol. The fourth-order valence-corrected chi connectivity index (χ4v) is 1.73. The number of nitrogens with one attached hydrogen (secondary N) is 1. The van der Waals surface area contributed by atoms with Crippen LogP contribution in [-0.2, 0) is 17.9 Å². The van der Waals surface area contributed by atoms with Crippen LogP contribution in [0.5, 0.6) is 5.75 Å². The number of carbonyl (C=O) groups excluding carboxylic acids is 1. The van der Waals surface area contributed by atoms with Crippen molar-refractivity contribution in [3.8, 4) is 5.75 Å². The topological polar surface area (TPSA) is 106 Å². The van der Waals surface area contributed by atoms with E-state index in [1.807, 2.05) is 0 Å². The first-order valence-electron chi connectivity index (χ1n) is 6.12. The number of ether oxygens (including phenoxy) is 1. The van der Waals surface area contributed by atoms with E-state index in [1.165, 1.54) is 18.0 Å². The standard InChI is InChI=1S/C13H14N4O4/c1-21-11-5-3-2-4-10(11)13(20)14-6-9-7-17(16-15-9)8-12(18)19/h2-5,7H,6,8H2,1H3,(H,14,20)(H,18,19). The molecule has 0 fully saturated rings. The summed E-state index contributed by atoms with van der Waals surface area (Å²) in [5.41, 5.74) is 0.887. The van der Waals surface area contributed by atoms with Gasteiger partial charge in [-0.3, -0.25) is 9.59 Å². The lowest BCUT2D eigenvalue weighted by atomic mass is 10.2. The summed E-state index contributed by atoms with van der Waals surface area (Å²) in [7, 11) is 1.49. The number of nitrogens with zero attached hydrogens (tertiary/aromatic N) is 3. The average molecular weight is 290 g/mol. The summed E-state index contributed by atoms with van der Waals surface area (Å²) in [5, 5.41) is 18.7. The molecule has 0 spiro atoms. The van der Waals surface area contributed by atoms with Crippen molar-refractivity contribution in [2.75, 3.05) is 7.11 Å². The third-order valence-corrected chi connectivity index (χ3v) is 2.67. The molecular formula is C13H14N4O4. The Morgan fingerprint density at radius 1 is 1.38 bits per heavy atom. The van der Waals surface area contributed by atoms with Gasteiger partial charge in [-0.15, -0.1) is 5.10 Å². The Hall–Kier alpha value is -2.90. The van der Waals surface area contributed by atoms with Crippen molar-refractivity contribution in [2.24, 2.45) is 0 Å². The number of hydrogen-bond acceptors (Lipinski definition) is 5. The summed E-state index contributed by atoms with van der Waals surface area (Å²) in [4.78, 5) is 22.6. The molecule has 1 aromatic carbocycles. The number of carboxylic acids is 1. The van der Waals surface area contributed by atoms with Crippen molar-refractivity contribution in [1.29, 1.82) is 0 Å². The summed E-state index contributed by atoms with van der Waals surface area (Å²) in [6.07, 6.45) is 1.47. The number of hydrogen-bond donors (Lipinski definition) is 2. The van der Waals surface area contributed by atoms with Gasteiger partial charge in [0, 0.05) is 0 Å². The zero-order valence-corrected chi connectivity index (χ0v) is 11.3. The molecule has 0 aliphatic heterocycles. The first-order chi connectivity index (χ1) is 10.1. The molecule has 0 bridgehead atoms. The second-order valence-corrected chi connectivity index (χ2v) is 4.18. The molecule has 2 aromatic rings. The molecule has 0 radical (unpaired) electrons. The molecule has 1 amide bonds. The molecule has 21 heavy (non-hydrogen) atoms. The third kappa shape index (κ3) is 3.78. The van der Waals surface area contributed by atoms with E-state index in [0.29, 0.717) is 17.0 Å². The van der Waals surface area contributed by atoms with Gasteiger partial charge in [-0.1, -0.05) is 17.3 Å². The molecule has 0 aliphatic carbocycles. The Morgan fingerprint density at radius 3 is 2.86 bits per heavy atom. The summed E-state index contributed by atoms with van der Waals surface area (Å²) < 4.78 is 6.30. The average Bonchev–Trinajstić information content (AvgIpc) is 2.91. The van der Waals surface area contributed by atoms with Gasteiger partial charge in [0.05, 0.1) is 25.4 Å². The number of rotatable bonds is 6. The van der Waals surface area contributed by atoms with Gasteiger partial charge >= 0.3 is 5.97 Å². The molecule has 0 saturated carbocycles. The second-order valence-electron chi connectivity index (χ2n) is 4.18. The van der Waals surface area contributed by atoms with Crippen LogP contribution in [0.3, 0.4) is 0 Å². The van der Waals surface area contributed by atoms with Crippen molar-refractivity contribution in [2.45, 2.75) is 13.1 Å². The van der Waals surface area contributed by atoms with E-state index in [9.17, 15) is 9.59 Å². The van der Waals surface area contributed by atoms with Gasteiger partial charge < -0.3 is 15.2 Å². The molecular weight excluding hydrogens is 276 g/mol. The maximum Gasteiger partial charge on any atom is 0.325 e. The fourth-order valence-electron chi connectivity index (χ4n) is 1.73. The van der Waals surface area contributed by atoms with E-state index in [0.717, 1.165) is 0 Å². The fraction of sp³-hybridized carbons (Fsp3) is 0.231. The third-order valence-electron chi connectivity index (χ3n) is 2.67. The number of aliphatic carboxylic acids is 1. The smallest absolute Gasteiger partial charge is 0.325 e. The molecule has 1 aromatic heterocycles. The van der Waals surface area contributed by atoms with E-state index >= 15 is 0 Å². The van der Waals surface area contributed by atoms with Gasteiger partial charge in [0.25, 0.3) is 5.91 Å². The number of benzene rings is 1. The van der Waals surface area contributed by atoms with Gasteiger partial charge in [-0.05, 0) is 12.1 Å². The largest absolute Gasteiger partial charge is 0.496 e. The quantitative estimate of drug-likeness (QED) is 0.792. The van der Waals surface area contributed by atoms with Crippen LogP contribution in [0.4, 0.5) is 0 Å². The van der Waals surface area contributed by atoms with E-state index in [-0.39, 0.29) is 19.0 Å². The number of carbonyl (C=O) groups is 2. The van der Waals surface area contributed by atoms with Crippen LogP contribution in [0, 0.1) is 0 Å². The normalized spacial score (nSPS) is 10.1. The molecule has 0 saturated heterocycles. The lowest BCUT2D eigenvalue weighted by Gasteiger charge is -2.07. The molecule has 8 heteroatoms. The summed E-state index contributed by atoms with van der Waals surface area (Å²) in [6, 6.07) is 6.85. The molecule has 8 nitrogen and oxygen atoms in total. The summed E-state index contributed by atoms with van der Waals surface area (Å²) >= 11 is 0. The van der Waals surface area contributed by atoms with Gasteiger partial charge in [0.1, 0.15) is 18.0 Å². The monoisotopic (exact) mass is 290 g/mol. The highest BCUT2D eigenvalue weighted by molar-refractivity contribution is 5.96. The van der Waals surface area contributed by atoms with Gasteiger partial charge in [-0.25, -0.2) is 4.68 Å². The van der Waals surface area contributed by atoms with Crippen LogP contribution in [0.25, 0.3) is 0 Å². The van der Waals surface area contributed by atoms with Crippen LogP contribution in [-0.4, -0.2) is 39.1 Å². The highest BCUT2D eigenvalue weighted by atomic mass is 16.5. The Kier molecular flexibility index (Phi) is 4.50. The van der Waals surface area contributed by atoms with Crippen molar-refractivity contribution in [3.63, 3.8) is 0 Å². The zero-order valence-electron chi connectivity index (χ0n) is 11.3. The van der Waals surface area contributed by atoms with Crippen molar-refractivity contribution in [3.05, 3.63) is 41.7 Å². The molecule has 2 N–H and O–H groups in total. The van der Waals surface area contributed by atoms with E-state index in [1.54, 1.807) is 24.3 Å². The highest BCUT2D eigenvalue weighted by Crippen LogP contribution is 2.16. The molecule has 110 valence electrons. The molecule has 0 unspecified atom stereocenters. The summed E-state index contributed by atoms with van der Waals surface area (Å²) in [5.74, 6) is -0.839. The van der Waals surface area contributed by atoms with E-state index in [4.69, 9.17) is 9.84 Å². The number of para-hydroxylation sites is 1. The number of aromatic nitrogens is 3. The van der Waals surface area contributed by atoms with Crippen LogP contribution < -0.4 is 10.1 Å². The highest BCUT2D eigenvalue weighted by Gasteiger charge is 2.12. The van der Waals surface area contributed by atoms with Crippen LogP contribution in [0.15, 0.2) is 30.5 Å². The van der Waals surface area contributed by atoms with Crippen molar-refractivity contribution < 1.29 is 19.4 Å². The van der Waals surface area contributed by atoms with Crippen LogP contribution in [0.2, 0.25) is 0 Å². The second kappa shape index (κ2) is 6.51. The van der Waals surface area contributed by atoms with Crippen molar-refractivity contribution in [1.82, 2.24) is 20.3 Å². The minimum Gasteiger partial charge on any atom is -0.496 e. The first-order valence-corrected chi connectivity index (χ1v) is 6.12. The van der Waals surface area contributed by atoms with Crippen LogP contribution in [0.1, 0.15) is 16.1 Å². The number of amides is 1. The molecule has 0 atom stereocenters. The Morgan fingerprint density at radius 2 is 2.14 bits per heavy atom. The zero-order chi connectivity index (χ0) is 15.2. The Balaban J connectivity index is 1.97. The number of carboxylic acid groups (broad SMARTS) is 1. The first kappa shape index (κ1) is 14.5. The van der Waals surface area contributed by atoms with Crippen molar-refractivity contribution >= 4 is 11.9 Å². The Bertz CT molecular complexity index is 653. The van der Waals surface area contributed by atoms with Gasteiger partial charge in [0.15, 0.2) is 0 Å². The maximum absolute atomic E-state index is 12.0. The Labute approximate surface area is 120 Å². The minimum absolute atomic E-state index is 0.149. The van der Waals surface area contributed by atoms with E-state index < -0.39 is 5.97 Å². The lowest BCUT2D eigenvalue weighted by Crippen LogP contribution is -2.23. The summed E-state index contributed by atoms with van der Waals surface area (Å²) in [6.45, 7) is -0.121. The SMILES string of the molecule is COc1ccccc1C(=O)NCc1cn(CC(=O)O)nn1. The molecule has 0 aliphatic rings. The lowest BCUT2D eigenvalue weighted by molar-refractivity contribution is -0.137. The molecule has 2 rings (SSSR count). The van der Waals surface area contributed by atoms with Gasteiger partial charge in [-0.2, -0.15) is 0 Å². The predicted octanol–water partition coefficient (Wildman–Crippen LogP) is 0.301. The van der Waals surface area contributed by atoms with Crippen LogP contribution >= 0.6 is 0 Å². The van der Waals surface area contributed by atoms with E-state index in [2.05, 4.69) is 15.6 Å². The van der Waals surface area contributed by atoms with Gasteiger partial charge in [0.2, 0.25) is 0 Å². The maximum atomic E-state index is 12.0. The molecule has 1 heterocycles. The minimum atomic E-state index is -1.01. The number of methoxy groups -OCH3 is 1.